The van der Waals surface area contributed by atoms with Crippen molar-refractivity contribution >= 4 is 11.7 Å². The molecule has 0 saturated heterocycles. The number of carbonyl (C=O) groups excluding carboxylic acids is 1. The maximum absolute atomic E-state index is 13.0. The van der Waals surface area contributed by atoms with Gasteiger partial charge in [0.15, 0.2) is 5.82 Å². The first-order valence-electron chi connectivity index (χ1n) is 9.29. The van der Waals surface area contributed by atoms with E-state index >= 15 is 0 Å². The third kappa shape index (κ3) is 5.03. The highest BCUT2D eigenvalue weighted by molar-refractivity contribution is 5.91. The van der Waals surface area contributed by atoms with E-state index in [4.69, 9.17) is 0 Å². The van der Waals surface area contributed by atoms with Gasteiger partial charge >= 0.3 is 0 Å². The molecule has 0 atom stereocenters. The fourth-order valence-corrected chi connectivity index (χ4v) is 3.11. The Labute approximate surface area is 158 Å². The predicted molar refractivity (Wildman–Crippen MR) is 103 cm³/mol. The second-order valence-corrected chi connectivity index (χ2v) is 7.21. The number of rotatable bonds is 7. The lowest BCUT2D eigenvalue weighted by atomic mass is 10.0. The molecule has 138 valence electrons. The minimum atomic E-state index is -0.257. The van der Waals surface area contributed by atoms with Crippen LogP contribution in [-0.2, 0) is 24.2 Å². The predicted octanol–water partition coefficient (Wildman–Crippen LogP) is 4.20. The average molecular weight is 363 g/mol. The van der Waals surface area contributed by atoms with E-state index in [9.17, 15) is 9.18 Å². The Balaban J connectivity index is 1.30. The second kappa shape index (κ2) is 7.74. The Morgan fingerprint density at radius 1 is 1.00 bits per heavy atom. The largest absolute Gasteiger partial charge is 0.309 e. The number of nitrogens with one attached hydrogen (secondary N) is 1. The van der Waals surface area contributed by atoms with Crippen molar-refractivity contribution in [3.8, 4) is 0 Å². The topological polar surface area (TPSA) is 46.9 Å². The van der Waals surface area contributed by atoms with Gasteiger partial charge < -0.3 is 5.32 Å². The number of carbonyl (C=O) groups is 1. The van der Waals surface area contributed by atoms with E-state index in [2.05, 4.69) is 22.5 Å². The highest BCUT2D eigenvalue weighted by atomic mass is 19.1. The van der Waals surface area contributed by atoms with Crippen molar-refractivity contribution in [2.45, 2.75) is 32.2 Å². The monoisotopic (exact) mass is 363 g/mol. The first-order chi connectivity index (χ1) is 13.1. The zero-order chi connectivity index (χ0) is 18.6. The molecule has 1 N–H and O–H groups in total. The molecule has 3 aromatic rings. The van der Waals surface area contributed by atoms with Crippen LogP contribution >= 0.6 is 0 Å². The Kier molecular flexibility index (Phi) is 5.01. The number of hydrogen-bond donors (Lipinski definition) is 1. The minimum Gasteiger partial charge on any atom is -0.309 e. The standard InChI is InChI=1S/C22H22FN3O/c23-20-9-7-19(8-10-20)15-26-12-11-21(25-26)24-22(27)14-18-5-3-17(4-6-18)13-16-1-2-16/h3-12,16H,1-2,13-15H2,(H,24,25,27). The summed E-state index contributed by atoms with van der Waals surface area (Å²) >= 11 is 0. The molecule has 27 heavy (non-hydrogen) atoms. The Morgan fingerprint density at radius 3 is 2.37 bits per heavy atom. The number of benzene rings is 2. The molecular formula is C22H22FN3O. The number of amides is 1. The van der Waals surface area contributed by atoms with Crippen molar-refractivity contribution in [3.63, 3.8) is 0 Å². The average Bonchev–Trinajstić information content (AvgIpc) is 3.37. The smallest absolute Gasteiger partial charge is 0.229 e. The van der Waals surface area contributed by atoms with E-state index < -0.39 is 0 Å². The maximum atomic E-state index is 13.0. The molecule has 0 spiro atoms. The lowest BCUT2D eigenvalue weighted by Crippen LogP contribution is -2.15. The summed E-state index contributed by atoms with van der Waals surface area (Å²) in [6.45, 7) is 0.526. The zero-order valence-electron chi connectivity index (χ0n) is 15.1. The van der Waals surface area contributed by atoms with Gasteiger partial charge in [-0.25, -0.2) is 4.39 Å². The van der Waals surface area contributed by atoms with E-state index in [-0.39, 0.29) is 11.7 Å². The molecule has 1 saturated carbocycles. The van der Waals surface area contributed by atoms with E-state index in [0.29, 0.717) is 18.8 Å². The molecule has 0 bridgehead atoms. The van der Waals surface area contributed by atoms with Crippen LogP contribution in [0.5, 0.6) is 0 Å². The Hall–Kier alpha value is -2.95. The summed E-state index contributed by atoms with van der Waals surface area (Å²) < 4.78 is 14.7. The van der Waals surface area contributed by atoms with Crippen LogP contribution in [0.15, 0.2) is 60.8 Å². The van der Waals surface area contributed by atoms with Gasteiger partial charge in [0.2, 0.25) is 5.91 Å². The van der Waals surface area contributed by atoms with Gasteiger partial charge in [-0.05, 0) is 54.0 Å². The molecule has 0 radical (unpaired) electrons. The molecule has 1 amide bonds. The second-order valence-electron chi connectivity index (χ2n) is 7.21. The number of aromatic nitrogens is 2. The maximum Gasteiger partial charge on any atom is 0.229 e. The van der Waals surface area contributed by atoms with Crippen molar-refractivity contribution in [1.29, 1.82) is 0 Å². The normalized spacial score (nSPS) is 13.5. The van der Waals surface area contributed by atoms with Gasteiger partial charge in [-0.15, -0.1) is 0 Å². The van der Waals surface area contributed by atoms with Crippen LogP contribution in [0, 0.1) is 11.7 Å². The lowest BCUT2D eigenvalue weighted by molar-refractivity contribution is -0.115. The molecule has 1 aliphatic rings. The molecule has 1 aliphatic carbocycles. The fraction of sp³-hybridized carbons (Fsp3) is 0.273. The summed E-state index contributed by atoms with van der Waals surface area (Å²) in [4.78, 5) is 12.3. The fourth-order valence-electron chi connectivity index (χ4n) is 3.11. The summed E-state index contributed by atoms with van der Waals surface area (Å²) in [5.41, 5.74) is 3.29. The first-order valence-corrected chi connectivity index (χ1v) is 9.29. The van der Waals surface area contributed by atoms with Crippen LogP contribution in [0.25, 0.3) is 0 Å². The Bertz CT molecular complexity index is 911. The van der Waals surface area contributed by atoms with Crippen LogP contribution < -0.4 is 5.32 Å². The van der Waals surface area contributed by atoms with Crippen LogP contribution in [-0.4, -0.2) is 15.7 Å². The lowest BCUT2D eigenvalue weighted by Gasteiger charge is -2.05. The van der Waals surface area contributed by atoms with E-state index in [1.54, 1.807) is 29.1 Å². The van der Waals surface area contributed by atoms with Crippen molar-refractivity contribution in [2.75, 3.05) is 5.32 Å². The first kappa shape index (κ1) is 17.5. The number of anilines is 1. The third-order valence-electron chi connectivity index (χ3n) is 4.77. The van der Waals surface area contributed by atoms with Crippen molar-refractivity contribution < 1.29 is 9.18 Å². The minimum absolute atomic E-state index is 0.0861. The van der Waals surface area contributed by atoms with Crippen LogP contribution in [0.3, 0.4) is 0 Å². The molecule has 4 nitrogen and oxygen atoms in total. The molecule has 1 aromatic heterocycles. The van der Waals surface area contributed by atoms with E-state index in [1.165, 1.54) is 30.5 Å². The van der Waals surface area contributed by atoms with Crippen LogP contribution in [0.4, 0.5) is 10.2 Å². The van der Waals surface area contributed by atoms with Gasteiger partial charge in [-0.3, -0.25) is 9.48 Å². The van der Waals surface area contributed by atoms with Crippen molar-refractivity contribution in [3.05, 3.63) is 83.3 Å². The van der Waals surface area contributed by atoms with Gasteiger partial charge in [-0.1, -0.05) is 36.4 Å². The highest BCUT2D eigenvalue weighted by Gasteiger charge is 2.21. The molecule has 0 unspecified atom stereocenters. The number of halogens is 1. The van der Waals surface area contributed by atoms with Gasteiger partial charge in [0.1, 0.15) is 5.82 Å². The van der Waals surface area contributed by atoms with Gasteiger partial charge in [-0.2, -0.15) is 5.10 Å². The van der Waals surface area contributed by atoms with E-state index in [0.717, 1.165) is 23.5 Å². The van der Waals surface area contributed by atoms with Gasteiger partial charge in [0, 0.05) is 12.3 Å². The molecule has 4 rings (SSSR count). The van der Waals surface area contributed by atoms with Crippen LogP contribution in [0.1, 0.15) is 29.5 Å². The molecule has 0 aliphatic heterocycles. The highest BCUT2D eigenvalue weighted by Crippen LogP contribution is 2.32. The molecule has 1 fully saturated rings. The molecular weight excluding hydrogens is 341 g/mol. The molecule has 5 heteroatoms. The molecule has 1 heterocycles. The summed E-state index contributed by atoms with van der Waals surface area (Å²) in [5.74, 6) is 1.04. The third-order valence-corrected chi connectivity index (χ3v) is 4.77. The SMILES string of the molecule is O=C(Cc1ccc(CC2CC2)cc1)Nc1ccn(Cc2ccc(F)cc2)n1. The van der Waals surface area contributed by atoms with Crippen molar-refractivity contribution in [2.24, 2.45) is 5.92 Å². The zero-order valence-corrected chi connectivity index (χ0v) is 15.1. The summed E-state index contributed by atoms with van der Waals surface area (Å²) in [6, 6.07) is 16.4. The summed E-state index contributed by atoms with van der Waals surface area (Å²) in [6.07, 6.45) is 5.97. The Morgan fingerprint density at radius 2 is 1.67 bits per heavy atom. The summed E-state index contributed by atoms with van der Waals surface area (Å²) in [5, 5.41) is 7.19. The van der Waals surface area contributed by atoms with E-state index in [1.807, 2.05) is 12.1 Å². The number of hydrogen-bond acceptors (Lipinski definition) is 2. The number of nitrogens with zero attached hydrogens (tertiary/aromatic N) is 2. The quantitative estimate of drug-likeness (QED) is 0.684. The van der Waals surface area contributed by atoms with Gasteiger partial charge in [0.25, 0.3) is 0 Å². The van der Waals surface area contributed by atoms with Gasteiger partial charge in [0.05, 0.1) is 13.0 Å². The molecule has 2 aromatic carbocycles. The summed E-state index contributed by atoms with van der Waals surface area (Å²) in [7, 11) is 0. The van der Waals surface area contributed by atoms with Crippen LogP contribution in [0.2, 0.25) is 0 Å². The van der Waals surface area contributed by atoms with Crippen molar-refractivity contribution in [1.82, 2.24) is 9.78 Å².